The highest BCUT2D eigenvalue weighted by Crippen LogP contribution is 2.11. The van der Waals surface area contributed by atoms with Gasteiger partial charge in [-0.15, -0.1) is 0 Å². The maximum Gasteiger partial charge on any atom is 0.356 e. The standard InChI is InChI=1S/C15H26N2O2/c1-4-5-6-7-8-9-10-11-17-13(2)16-12-14(17)15(18)19-3/h12H,4-11H2,1-3H3. The first-order chi connectivity index (χ1) is 9.20. The van der Waals surface area contributed by atoms with E-state index in [0.29, 0.717) is 5.69 Å². The van der Waals surface area contributed by atoms with Gasteiger partial charge in [0.05, 0.1) is 13.3 Å². The summed E-state index contributed by atoms with van der Waals surface area (Å²) in [5.74, 6) is 0.579. The van der Waals surface area contributed by atoms with Gasteiger partial charge in [-0.2, -0.15) is 0 Å². The number of hydrogen-bond donors (Lipinski definition) is 0. The molecule has 0 radical (unpaired) electrons. The van der Waals surface area contributed by atoms with Gasteiger partial charge in [0.1, 0.15) is 11.5 Å². The molecule has 4 heteroatoms. The van der Waals surface area contributed by atoms with Gasteiger partial charge in [-0.25, -0.2) is 9.78 Å². The summed E-state index contributed by atoms with van der Waals surface area (Å²) in [4.78, 5) is 15.8. The Kier molecular flexibility index (Phi) is 7.23. The number of imidazole rings is 1. The van der Waals surface area contributed by atoms with Crippen molar-refractivity contribution in [2.24, 2.45) is 0 Å². The van der Waals surface area contributed by atoms with Gasteiger partial charge in [0, 0.05) is 6.54 Å². The molecule has 0 fully saturated rings. The summed E-state index contributed by atoms with van der Waals surface area (Å²) in [5.41, 5.74) is 0.561. The van der Waals surface area contributed by atoms with E-state index < -0.39 is 0 Å². The maximum atomic E-state index is 11.6. The number of nitrogens with zero attached hydrogens (tertiary/aromatic N) is 2. The van der Waals surface area contributed by atoms with E-state index in [-0.39, 0.29) is 5.97 Å². The van der Waals surface area contributed by atoms with Gasteiger partial charge in [-0.1, -0.05) is 45.4 Å². The summed E-state index contributed by atoms with van der Waals surface area (Å²) < 4.78 is 6.72. The molecule has 0 aromatic carbocycles. The normalized spacial score (nSPS) is 10.7. The number of rotatable bonds is 9. The number of methoxy groups -OCH3 is 1. The predicted molar refractivity (Wildman–Crippen MR) is 76.3 cm³/mol. The highest BCUT2D eigenvalue weighted by atomic mass is 16.5. The number of carbonyl (C=O) groups is 1. The summed E-state index contributed by atoms with van der Waals surface area (Å²) in [6.45, 7) is 5.01. The fourth-order valence-electron chi connectivity index (χ4n) is 2.25. The third-order valence-electron chi connectivity index (χ3n) is 3.43. The molecule has 0 atom stereocenters. The fourth-order valence-corrected chi connectivity index (χ4v) is 2.25. The third kappa shape index (κ3) is 5.05. The first-order valence-electron chi connectivity index (χ1n) is 7.31. The number of aromatic nitrogens is 2. The molecular weight excluding hydrogens is 240 g/mol. The van der Waals surface area contributed by atoms with Crippen LogP contribution in [0.15, 0.2) is 6.20 Å². The van der Waals surface area contributed by atoms with Crippen LogP contribution < -0.4 is 0 Å². The maximum absolute atomic E-state index is 11.6. The molecule has 0 N–H and O–H groups in total. The van der Waals surface area contributed by atoms with E-state index in [1.807, 2.05) is 11.5 Å². The third-order valence-corrected chi connectivity index (χ3v) is 3.43. The highest BCUT2D eigenvalue weighted by molar-refractivity contribution is 5.87. The molecule has 108 valence electrons. The van der Waals surface area contributed by atoms with Crippen molar-refractivity contribution < 1.29 is 9.53 Å². The molecule has 0 bridgehead atoms. The Balaban J connectivity index is 2.32. The molecular formula is C15H26N2O2. The minimum Gasteiger partial charge on any atom is -0.464 e. The van der Waals surface area contributed by atoms with Gasteiger partial charge in [-0.05, 0) is 13.3 Å². The quantitative estimate of drug-likeness (QED) is 0.505. The minimum atomic E-state index is -0.302. The first-order valence-corrected chi connectivity index (χ1v) is 7.31. The van der Waals surface area contributed by atoms with Crippen molar-refractivity contribution in [3.8, 4) is 0 Å². The van der Waals surface area contributed by atoms with Crippen LogP contribution >= 0.6 is 0 Å². The Morgan fingerprint density at radius 1 is 1.21 bits per heavy atom. The fraction of sp³-hybridized carbons (Fsp3) is 0.733. The van der Waals surface area contributed by atoms with Crippen LogP contribution in [0.5, 0.6) is 0 Å². The molecule has 0 aliphatic carbocycles. The molecule has 0 saturated heterocycles. The minimum absolute atomic E-state index is 0.302. The van der Waals surface area contributed by atoms with Crippen LogP contribution in [-0.4, -0.2) is 22.6 Å². The van der Waals surface area contributed by atoms with Crippen LogP contribution in [0.2, 0.25) is 0 Å². The Hall–Kier alpha value is -1.32. The van der Waals surface area contributed by atoms with Gasteiger partial charge >= 0.3 is 5.97 Å². The molecule has 0 saturated carbocycles. The monoisotopic (exact) mass is 266 g/mol. The van der Waals surface area contributed by atoms with E-state index >= 15 is 0 Å². The predicted octanol–water partition coefficient (Wildman–Crippen LogP) is 3.73. The van der Waals surface area contributed by atoms with Crippen molar-refractivity contribution in [1.82, 2.24) is 9.55 Å². The number of ether oxygens (including phenoxy) is 1. The van der Waals surface area contributed by atoms with Gasteiger partial charge in [0.2, 0.25) is 0 Å². The SMILES string of the molecule is CCCCCCCCCn1c(C(=O)OC)cnc1C. The lowest BCUT2D eigenvalue weighted by Crippen LogP contribution is -2.12. The lowest BCUT2D eigenvalue weighted by molar-refractivity contribution is 0.0588. The second-order valence-electron chi connectivity index (χ2n) is 4.96. The van der Waals surface area contributed by atoms with Gasteiger partial charge < -0.3 is 9.30 Å². The highest BCUT2D eigenvalue weighted by Gasteiger charge is 2.14. The number of esters is 1. The zero-order chi connectivity index (χ0) is 14.1. The topological polar surface area (TPSA) is 44.1 Å². The Bertz CT molecular complexity index is 385. The lowest BCUT2D eigenvalue weighted by Gasteiger charge is -2.08. The van der Waals surface area contributed by atoms with Crippen LogP contribution in [0.25, 0.3) is 0 Å². The molecule has 1 aromatic rings. The van der Waals surface area contributed by atoms with Crippen LogP contribution in [-0.2, 0) is 11.3 Å². The van der Waals surface area contributed by atoms with Crippen molar-refractivity contribution in [3.05, 3.63) is 17.7 Å². The van der Waals surface area contributed by atoms with Crippen LogP contribution in [0.1, 0.15) is 68.2 Å². The van der Waals surface area contributed by atoms with E-state index in [0.717, 1.165) is 18.8 Å². The van der Waals surface area contributed by atoms with Crippen molar-refractivity contribution in [1.29, 1.82) is 0 Å². The van der Waals surface area contributed by atoms with Gasteiger partial charge in [0.25, 0.3) is 0 Å². The second kappa shape index (κ2) is 8.73. The van der Waals surface area contributed by atoms with E-state index in [1.165, 1.54) is 45.6 Å². The average molecular weight is 266 g/mol. The molecule has 0 aliphatic rings. The number of aryl methyl sites for hydroxylation is 1. The molecule has 0 aliphatic heterocycles. The number of carbonyl (C=O) groups excluding carboxylic acids is 1. The summed E-state index contributed by atoms with van der Waals surface area (Å²) in [7, 11) is 1.41. The summed E-state index contributed by atoms with van der Waals surface area (Å²) in [6.07, 6.45) is 10.5. The number of unbranched alkanes of at least 4 members (excludes halogenated alkanes) is 6. The van der Waals surface area contributed by atoms with Gasteiger partial charge in [-0.3, -0.25) is 0 Å². The van der Waals surface area contributed by atoms with E-state index in [1.54, 1.807) is 6.20 Å². The second-order valence-corrected chi connectivity index (χ2v) is 4.96. The van der Waals surface area contributed by atoms with Crippen molar-refractivity contribution >= 4 is 5.97 Å². The average Bonchev–Trinajstić information content (AvgIpc) is 2.78. The van der Waals surface area contributed by atoms with Gasteiger partial charge in [0.15, 0.2) is 0 Å². The van der Waals surface area contributed by atoms with Crippen molar-refractivity contribution in [3.63, 3.8) is 0 Å². The molecule has 0 amide bonds. The summed E-state index contributed by atoms with van der Waals surface area (Å²) >= 11 is 0. The lowest BCUT2D eigenvalue weighted by atomic mass is 10.1. The van der Waals surface area contributed by atoms with Crippen LogP contribution in [0, 0.1) is 6.92 Å². The molecule has 0 unspecified atom stereocenters. The zero-order valence-corrected chi connectivity index (χ0v) is 12.4. The molecule has 1 rings (SSSR count). The number of hydrogen-bond acceptors (Lipinski definition) is 3. The van der Waals surface area contributed by atoms with E-state index in [4.69, 9.17) is 4.74 Å². The smallest absolute Gasteiger partial charge is 0.356 e. The molecule has 19 heavy (non-hydrogen) atoms. The van der Waals surface area contributed by atoms with Crippen LogP contribution in [0.4, 0.5) is 0 Å². The summed E-state index contributed by atoms with van der Waals surface area (Å²) in [6, 6.07) is 0. The Labute approximate surface area is 116 Å². The van der Waals surface area contributed by atoms with E-state index in [2.05, 4.69) is 11.9 Å². The Morgan fingerprint density at radius 2 is 1.84 bits per heavy atom. The Morgan fingerprint density at radius 3 is 2.47 bits per heavy atom. The van der Waals surface area contributed by atoms with E-state index in [9.17, 15) is 4.79 Å². The molecule has 4 nitrogen and oxygen atoms in total. The first kappa shape index (κ1) is 15.7. The van der Waals surface area contributed by atoms with Crippen molar-refractivity contribution in [2.75, 3.05) is 7.11 Å². The van der Waals surface area contributed by atoms with Crippen LogP contribution in [0.3, 0.4) is 0 Å². The molecule has 1 aromatic heterocycles. The molecule has 0 spiro atoms. The molecule has 1 heterocycles. The van der Waals surface area contributed by atoms with Crippen molar-refractivity contribution in [2.45, 2.75) is 65.3 Å². The largest absolute Gasteiger partial charge is 0.464 e. The zero-order valence-electron chi connectivity index (χ0n) is 12.4. The summed E-state index contributed by atoms with van der Waals surface area (Å²) in [5, 5.41) is 0.